The van der Waals surface area contributed by atoms with Crippen molar-refractivity contribution in [1.82, 2.24) is 14.5 Å². The Morgan fingerprint density at radius 2 is 1.81 bits per heavy atom. The Balaban J connectivity index is 1.91. The monoisotopic (exact) mass is 463 g/mol. The molecule has 2 rings (SSSR count). The first-order valence-electron chi connectivity index (χ1n) is 10.3. The summed E-state index contributed by atoms with van der Waals surface area (Å²) in [5.41, 5.74) is -0.862. The van der Waals surface area contributed by atoms with Gasteiger partial charge in [-0.25, -0.2) is 12.7 Å². The van der Waals surface area contributed by atoms with Crippen LogP contribution >= 0.6 is 0 Å². The van der Waals surface area contributed by atoms with E-state index in [1.165, 1.54) is 16.4 Å². The van der Waals surface area contributed by atoms with Crippen LogP contribution in [0.3, 0.4) is 0 Å². The van der Waals surface area contributed by atoms with Gasteiger partial charge in [0.05, 0.1) is 11.3 Å². The fourth-order valence-corrected chi connectivity index (χ4v) is 5.47. The molecule has 0 saturated carbocycles. The van der Waals surface area contributed by atoms with Gasteiger partial charge < -0.3 is 10.2 Å². The molecule has 1 saturated heterocycles. The van der Waals surface area contributed by atoms with Gasteiger partial charge in [-0.1, -0.05) is 32.0 Å². The molecule has 1 aromatic rings. The molecule has 176 valence electrons. The molecule has 1 fully saturated rings. The maximum Gasteiger partial charge on any atom is 0.416 e. The first kappa shape index (κ1) is 25.6. The number of nitrogens with zero attached hydrogens (tertiary/aromatic N) is 2. The summed E-state index contributed by atoms with van der Waals surface area (Å²) in [6.07, 6.45) is -3.74. The maximum absolute atomic E-state index is 12.9. The Kier molecular flexibility index (Phi) is 8.15. The van der Waals surface area contributed by atoms with Crippen molar-refractivity contribution in [3.63, 3.8) is 0 Å². The molecule has 1 N–H and O–H groups in total. The second-order valence-corrected chi connectivity index (χ2v) is 11.2. The van der Waals surface area contributed by atoms with Crippen LogP contribution in [0, 0.1) is 11.3 Å². The van der Waals surface area contributed by atoms with Gasteiger partial charge in [0.25, 0.3) is 0 Å². The third kappa shape index (κ3) is 7.76. The number of rotatable bonds is 8. The predicted octanol–water partition coefficient (Wildman–Crippen LogP) is 2.95. The zero-order valence-electron chi connectivity index (χ0n) is 18.5. The lowest BCUT2D eigenvalue weighted by Crippen LogP contribution is -2.46. The lowest BCUT2D eigenvalue weighted by atomic mass is 9.91. The number of hydrogen-bond acceptors (Lipinski definition) is 4. The van der Waals surface area contributed by atoms with Crippen LogP contribution < -0.4 is 5.32 Å². The van der Waals surface area contributed by atoms with Crippen LogP contribution in [0.25, 0.3) is 0 Å². The number of alkyl halides is 3. The lowest BCUT2D eigenvalue weighted by Gasteiger charge is -2.32. The molecule has 1 aromatic carbocycles. The molecule has 1 aliphatic rings. The van der Waals surface area contributed by atoms with Crippen molar-refractivity contribution in [2.45, 2.75) is 38.6 Å². The van der Waals surface area contributed by atoms with Crippen molar-refractivity contribution in [3.05, 3.63) is 35.4 Å². The van der Waals surface area contributed by atoms with E-state index in [4.69, 9.17) is 0 Å². The molecule has 0 unspecified atom stereocenters. The van der Waals surface area contributed by atoms with Crippen LogP contribution in [-0.2, 0) is 26.7 Å². The van der Waals surface area contributed by atoms with Crippen LogP contribution in [0.4, 0.5) is 13.2 Å². The van der Waals surface area contributed by atoms with Crippen LogP contribution in [-0.4, -0.2) is 63.8 Å². The molecule has 1 aliphatic heterocycles. The Labute approximate surface area is 182 Å². The van der Waals surface area contributed by atoms with E-state index in [0.29, 0.717) is 19.4 Å². The number of hydrogen-bond donors (Lipinski definition) is 1. The van der Waals surface area contributed by atoms with Gasteiger partial charge in [-0.05, 0) is 44.0 Å². The van der Waals surface area contributed by atoms with Crippen molar-refractivity contribution in [2.24, 2.45) is 11.3 Å². The highest BCUT2D eigenvalue weighted by molar-refractivity contribution is 7.88. The second-order valence-electron chi connectivity index (χ2n) is 9.25. The molecule has 1 amide bonds. The summed E-state index contributed by atoms with van der Waals surface area (Å²) < 4.78 is 65.3. The molecule has 31 heavy (non-hydrogen) atoms. The molecule has 0 aliphatic carbocycles. The molecular weight excluding hydrogens is 431 g/mol. The fraction of sp³-hybridized carbons (Fsp3) is 0.667. The Morgan fingerprint density at radius 1 is 1.19 bits per heavy atom. The summed E-state index contributed by atoms with van der Waals surface area (Å²) in [6.45, 7) is 5.84. The number of benzene rings is 1. The molecule has 10 heteroatoms. The van der Waals surface area contributed by atoms with Crippen molar-refractivity contribution >= 4 is 15.9 Å². The van der Waals surface area contributed by atoms with Gasteiger partial charge >= 0.3 is 6.18 Å². The largest absolute Gasteiger partial charge is 0.416 e. The number of amides is 1. The number of halogens is 3. The van der Waals surface area contributed by atoms with Crippen LogP contribution in [0.5, 0.6) is 0 Å². The summed E-state index contributed by atoms with van der Waals surface area (Å²) in [4.78, 5) is 14.6. The molecule has 0 radical (unpaired) electrons. The average Bonchev–Trinajstić information content (AvgIpc) is 2.64. The lowest BCUT2D eigenvalue weighted by molar-refractivity contribution is -0.137. The van der Waals surface area contributed by atoms with Crippen LogP contribution in [0.15, 0.2) is 24.3 Å². The van der Waals surface area contributed by atoms with Gasteiger partial charge in [0.15, 0.2) is 0 Å². The van der Waals surface area contributed by atoms with E-state index in [-0.39, 0.29) is 35.9 Å². The summed E-state index contributed by atoms with van der Waals surface area (Å²) >= 11 is 0. The highest BCUT2D eigenvalue weighted by Crippen LogP contribution is 2.30. The number of carbonyl (C=O) groups excluding carboxylic acids is 1. The molecule has 1 heterocycles. The first-order chi connectivity index (χ1) is 14.2. The van der Waals surface area contributed by atoms with Crippen molar-refractivity contribution in [1.29, 1.82) is 0 Å². The number of nitrogens with one attached hydrogen (secondary N) is 1. The zero-order valence-corrected chi connectivity index (χ0v) is 19.3. The van der Waals surface area contributed by atoms with Crippen molar-refractivity contribution < 1.29 is 26.4 Å². The number of piperidine rings is 1. The minimum absolute atomic E-state index is 0.0817. The number of carbonyl (C=O) groups is 1. The second kappa shape index (κ2) is 9.87. The standard InChI is InChI=1S/C21H32F3N3O3S/c1-20(2,15-26(3)4)14-25-19(28)17-8-10-27(11-9-17)31(29,30)13-16-6-5-7-18(12-16)21(22,23)24/h5-7,12,17H,8-11,13-15H2,1-4H3,(H,25,28). The fourth-order valence-electron chi connectivity index (χ4n) is 3.92. The van der Waals surface area contributed by atoms with E-state index in [2.05, 4.69) is 24.1 Å². The highest BCUT2D eigenvalue weighted by atomic mass is 32.2. The van der Waals surface area contributed by atoms with Crippen LogP contribution in [0.1, 0.15) is 37.8 Å². The van der Waals surface area contributed by atoms with E-state index < -0.39 is 27.5 Å². The van der Waals surface area contributed by atoms with E-state index in [0.717, 1.165) is 18.7 Å². The van der Waals surface area contributed by atoms with Gasteiger partial charge in [-0.15, -0.1) is 0 Å². The third-order valence-electron chi connectivity index (χ3n) is 5.31. The van der Waals surface area contributed by atoms with E-state index in [1.807, 2.05) is 14.1 Å². The summed E-state index contributed by atoms with van der Waals surface area (Å²) in [7, 11) is 0.175. The average molecular weight is 464 g/mol. The summed E-state index contributed by atoms with van der Waals surface area (Å²) in [5.74, 6) is -0.844. The SMILES string of the molecule is CN(C)CC(C)(C)CNC(=O)C1CCN(S(=O)(=O)Cc2cccc(C(F)(F)F)c2)CC1. The molecule has 6 nitrogen and oxygen atoms in total. The van der Waals surface area contributed by atoms with Gasteiger partial charge in [-0.2, -0.15) is 13.2 Å². The van der Waals surface area contributed by atoms with Crippen molar-refractivity contribution in [3.8, 4) is 0 Å². The Morgan fingerprint density at radius 3 is 2.35 bits per heavy atom. The van der Waals surface area contributed by atoms with Gasteiger partial charge in [-0.3, -0.25) is 4.79 Å². The molecule has 0 spiro atoms. The van der Waals surface area contributed by atoms with Gasteiger partial charge in [0.1, 0.15) is 0 Å². The molecular formula is C21H32F3N3O3S. The molecule has 0 atom stereocenters. The minimum Gasteiger partial charge on any atom is -0.355 e. The van der Waals surface area contributed by atoms with Crippen LogP contribution in [0.2, 0.25) is 0 Å². The van der Waals surface area contributed by atoms with E-state index in [9.17, 15) is 26.4 Å². The topological polar surface area (TPSA) is 69.7 Å². The smallest absolute Gasteiger partial charge is 0.355 e. The quantitative estimate of drug-likeness (QED) is 0.644. The zero-order chi connectivity index (χ0) is 23.4. The molecule has 0 bridgehead atoms. The molecule has 0 aromatic heterocycles. The minimum atomic E-state index is -4.52. The highest BCUT2D eigenvalue weighted by Gasteiger charge is 2.33. The Bertz CT molecular complexity index is 862. The predicted molar refractivity (Wildman–Crippen MR) is 114 cm³/mol. The maximum atomic E-state index is 12.9. The summed E-state index contributed by atoms with van der Waals surface area (Å²) in [5, 5.41) is 2.97. The number of sulfonamides is 1. The summed E-state index contributed by atoms with van der Waals surface area (Å²) in [6, 6.07) is 4.37. The first-order valence-corrected chi connectivity index (χ1v) is 11.9. The van der Waals surface area contributed by atoms with Gasteiger partial charge in [0.2, 0.25) is 15.9 Å². The van der Waals surface area contributed by atoms with E-state index in [1.54, 1.807) is 0 Å². The normalized spacial score (nSPS) is 17.2. The van der Waals surface area contributed by atoms with Crippen molar-refractivity contribution in [2.75, 3.05) is 40.3 Å². The van der Waals surface area contributed by atoms with Gasteiger partial charge in [0, 0.05) is 32.1 Å². The third-order valence-corrected chi connectivity index (χ3v) is 7.16. The van der Waals surface area contributed by atoms with E-state index >= 15 is 0 Å². The Hall–Kier alpha value is -1.65.